The number of rotatable bonds is 6. The van der Waals surface area contributed by atoms with E-state index in [-0.39, 0.29) is 5.91 Å². The third-order valence-electron chi connectivity index (χ3n) is 5.61. The molecule has 3 aromatic rings. The van der Waals surface area contributed by atoms with E-state index < -0.39 is 0 Å². The highest BCUT2D eigenvalue weighted by Gasteiger charge is 2.25. The third kappa shape index (κ3) is 3.98. The molecule has 28 heavy (non-hydrogen) atoms. The minimum Gasteiger partial charge on any atom is -0.496 e. The summed E-state index contributed by atoms with van der Waals surface area (Å²) in [6.07, 6.45) is 8.08. The molecule has 2 aromatic heterocycles. The molecule has 1 amide bonds. The molecule has 7 nitrogen and oxygen atoms in total. The molecule has 1 saturated carbocycles. The first kappa shape index (κ1) is 18.4. The second-order valence-corrected chi connectivity index (χ2v) is 7.35. The largest absolute Gasteiger partial charge is 0.496 e. The monoisotopic (exact) mass is 379 g/mol. The van der Waals surface area contributed by atoms with E-state index in [0.29, 0.717) is 24.0 Å². The normalized spacial score (nSPS) is 19.5. The Balaban J connectivity index is 1.28. The van der Waals surface area contributed by atoms with Crippen LogP contribution in [0.4, 0.5) is 0 Å². The van der Waals surface area contributed by atoms with E-state index >= 15 is 0 Å². The highest BCUT2D eigenvalue weighted by Crippen LogP contribution is 2.35. The molecule has 1 fully saturated rings. The Kier molecular flexibility index (Phi) is 5.50. The molecular formula is C21H25N5O2. The van der Waals surface area contributed by atoms with Crippen molar-refractivity contribution in [3.63, 3.8) is 0 Å². The summed E-state index contributed by atoms with van der Waals surface area (Å²) in [7, 11) is 1.63. The van der Waals surface area contributed by atoms with Gasteiger partial charge in [0.2, 0.25) is 5.91 Å². The fraction of sp³-hybridized carbons (Fsp3) is 0.429. The van der Waals surface area contributed by atoms with Crippen molar-refractivity contribution in [3.05, 3.63) is 54.1 Å². The molecule has 1 N–H and O–H groups in total. The van der Waals surface area contributed by atoms with Crippen LogP contribution in [0.5, 0.6) is 5.75 Å². The summed E-state index contributed by atoms with van der Waals surface area (Å²) in [5.74, 6) is 2.45. The zero-order chi connectivity index (χ0) is 19.3. The predicted octanol–water partition coefficient (Wildman–Crippen LogP) is 2.77. The summed E-state index contributed by atoms with van der Waals surface area (Å²) in [5.41, 5.74) is 2.10. The van der Waals surface area contributed by atoms with Crippen molar-refractivity contribution in [3.8, 4) is 5.75 Å². The van der Waals surface area contributed by atoms with Crippen molar-refractivity contribution >= 4 is 11.7 Å². The number of aromatic nitrogens is 4. The maximum atomic E-state index is 12.3. The second kappa shape index (κ2) is 8.37. The minimum absolute atomic E-state index is 0.0464. The first-order valence-corrected chi connectivity index (χ1v) is 9.78. The number of carbonyl (C=O) groups excluding carboxylic acids is 1. The lowest BCUT2D eigenvalue weighted by molar-refractivity contribution is -0.120. The number of fused-ring (bicyclic) bond motifs is 1. The topological polar surface area (TPSA) is 81.4 Å². The molecular weight excluding hydrogens is 354 g/mol. The predicted molar refractivity (Wildman–Crippen MR) is 105 cm³/mol. The molecule has 0 unspecified atom stereocenters. The van der Waals surface area contributed by atoms with Crippen LogP contribution in [0, 0.1) is 5.92 Å². The highest BCUT2D eigenvalue weighted by atomic mass is 16.5. The number of benzene rings is 1. The van der Waals surface area contributed by atoms with Gasteiger partial charge in [0.15, 0.2) is 0 Å². The second-order valence-electron chi connectivity index (χ2n) is 7.35. The van der Waals surface area contributed by atoms with Crippen LogP contribution < -0.4 is 10.1 Å². The fourth-order valence-corrected chi connectivity index (χ4v) is 4.07. The van der Waals surface area contributed by atoms with Crippen molar-refractivity contribution in [1.29, 1.82) is 0 Å². The van der Waals surface area contributed by atoms with Crippen LogP contribution in [0.3, 0.4) is 0 Å². The number of nitrogens with zero attached hydrogens (tertiary/aromatic N) is 4. The summed E-state index contributed by atoms with van der Waals surface area (Å²) in [6.45, 7) is 0.732. The van der Waals surface area contributed by atoms with Gasteiger partial charge in [0, 0.05) is 24.2 Å². The van der Waals surface area contributed by atoms with Gasteiger partial charge >= 0.3 is 0 Å². The van der Waals surface area contributed by atoms with E-state index in [1.165, 1.54) is 5.69 Å². The number of methoxy groups -OCH3 is 1. The van der Waals surface area contributed by atoms with Gasteiger partial charge in [-0.25, -0.2) is 9.50 Å². The Labute approximate surface area is 164 Å². The molecule has 0 atom stereocenters. The van der Waals surface area contributed by atoms with E-state index in [2.05, 4.69) is 20.4 Å². The van der Waals surface area contributed by atoms with Crippen molar-refractivity contribution in [2.24, 2.45) is 5.92 Å². The van der Waals surface area contributed by atoms with Crippen molar-refractivity contribution in [2.75, 3.05) is 13.7 Å². The van der Waals surface area contributed by atoms with Crippen LogP contribution in [0.2, 0.25) is 0 Å². The number of nitrogens with one attached hydrogen (secondary N) is 1. The Hall–Kier alpha value is -2.96. The van der Waals surface area contributed by atoms with Gasteiger partial charge in [0.1, 0.15) is 12.1 Å². The van der Waals surface area contributed by atoms with E-state index in [1.54, 1.807) is 13.4 Å². The summed E-state index contributed by atoms with van der Waals surface area (Å²) in [4.78, 5) is 20.7. The summed E-state index contributed by atoms with van der Waals surface area (Å²) in [5, 5.41) is 7.40. The van der Waals surface area contributed by atoms with E-state index in [1.807, 2.05) is 41.0 Å². The van der Waals surface area contributed by atoms with Gasteiger partial charge in [0.05, 0.1) is 19.2 Å². The summed E-state index contributed by atoms with van der Waals surface area (Å²) < 4.78 is 7.17. The fourth-order valence-electron chi connectivity index (χ4n) is 4.07. The number of hydrogen-bond donors (Lipinski definition) is 1. The van der Waals surface area contributed by atoms with Crippen LogP contribution in [-0.2, 0) is 11.2 Å². The van der Waals surface area contributed by atoms with E-state index in [4.69, 9.17) is 4.74 Å². The lowest BCUT2D eigenvalue weighted by Gasteiger charge is -2.28. The maximum Gasteiger partial charge on any atom is 0.252 e. The quantitative estimate of drug-likeness (QED) is 0.712. The first-order valence-electron chi connectivity index (χ1n) is 9.78. The number of amides is 1. The summed E-state index contributed by atoms with van der Waals surface area (Å²) >= 11 is 0. The van der Waals surface area contributed by atoms with Crippen LogP contribution in [-0.4, -0.2) is 39.1 Å². The average molecular weight is 379 g/mol. The van der Waals surface area contributed by atoms with Crippen LogP contribution in [0.15, 0.2) is 42.9 Å². The molecule has 146 valence electrons. The average Bonchev–Trinajstić information content (AvgIpc) is 3.22. The molecule has 0 saturated heterocycles. The Bertz CT molecular complexity index is 947. The van der Waals surface area contributed by atoms with Gasteiger partial charge in [-0.05, 0) is 43.7 Å². The Morgan fingerprint density at radius 1 is 1.18 bits per heavy atom. The zero-order valence-corrected chi connectivity index (χ0v) is 16.0. The molecule has 1 aromatic carbocycles. The Morgan fingerprint density at radius 2 is 2.00 bits per heavy atom. The van der Waals surface area contributed by atoms with Gasteiger partial charge in [-0.2, -0.15) is 10.1 Å². The SMILES string of the molecule is COc1ccccc1CC(=O)NCC1CCC(c2ccnc3ncnn23)CC1. The number of ether oxygens (including phenoxy) is 1. The number of para-hydroxylation sites is 1. The first-order chi connectivity index (χ1) is 13.7. The van der Waals surface area contributed by atoms with Crippen molar-refractivity contribution < 1.29 is 9.53 Å². The molecule has 0 spiro atoms. The third-order valence-corrected chi connectivity index (χ3v) is 5.61. The number of carbonyl (C=O) groups is 1. The smallest absolute Gasteiger partial charge is 0.252 e. The van der Waals surface area contributed by atoms with Crippen molar-refractivity contribution in [2.45, 2.75) is 38.0 Å². The number of hydrogen-bond acceptors (Lipinski definition) is 5. The minimum atomic E-state index is 0.0464. The molecule has 4 rings (SSSR count). The standard InChI is InChI=1S/C21H25N5O2/c1-28-19-5-3-2-4-17(19)12-20(27)23-13-15-6-8-16(9-7-15)18-10-11-22-21-24-14-25-26(18)21/h2-5,10-11,14-16H,6-9,12-13H2,1H3,(H,23,27). The molecule has 0 radical (unpaired) electrons. The highest BCUT2D eigenvalue weighted by molar-refractivity contribution is 5.79. The summed E-state index contributed by atoms with van der Waals surface area (Å²) in [6, 6.07) is 9.70. The van der Waals surface area contributed by atoms with Gasteiger partial charge < -0.3 is 10.1 Å². The molecule has 0 bridgehead atoms. The van der Waals surface area contributed by atoms with Crippen LogP contribution in [0.25, 0.3) is 5.78 Å². The van der Waals surface area contributed by atoms with Crippen LogP contribution >= 0.6 is 0 Å². The molecule has 1 aliphatic rings. The lowest BCUT2D eigenvalue weighted by atomic mass is 9.80. The van der Waals surface area contributed by atoms with Crippen LogP contribution in [0.1, 0.15) is 42.9 Å². The Morgan fingerprint density at radius 3 is 2.82 bits per heavy atom. The molecule has 2 heterocycles. The van der Waals surface area contributed by atoms with Gasteiger partial charge in [0.25, 0.3) is 5.78 Å². The van der Waals surface area contributed by atoms with Gasteiger partial charge in [-0.3, -0.25) is 4.79 Å². The van der Waals surface area contributed by atoms with E-state index in [9.17, 15) is 4.79 Å². The van der Waals surface area contributed by atoms with E-state index in [0.717, 1.165) is 43.5 Å². The van der Waals surface area contributed by atoms with Gasteiger partial charge in [-0.1, -0.05) is 18.2 Å². The molecule has 0 aliphatic heterocycles. The molecule has 1 aliphatic carbocycles. The van der Waals surface area contributed by atoms with Gasteiger partial charge in [-0.15, -0.1) is 0 Å². The molecule has 7 heteroatoms. The lowest BCUT2D eigenvalue weighted by Crippen LogP contribution is -2.32. The maximum absolute atomic E-state index is 12.3. The van der Waals surface area contributed by atoms with Crippen molar-refractivity contribution in [1.82, 2.24) is 24.9 Å². The zero-order valence-electron chi connectivity index (χ0n) is 16.0.